The zero-order valence-electron chi connectivity index (χ0n) is 6.65. The number of rotatable bonds is 0. The molecular formula is C9H7NO3. The SMILES string of the molecule is Nc1coc2ccc(O)cc2c1=O. The largest absolute Gasteiger partial charge is 0.508 e. The van der Waals surface area contributed by atoms with E-state index in [1.54, 1.807) is 0 Å². The van der Waals surface area contributed by atoms with Crippen molar-refractivity contribution in [1.29, 1.82) is 0 Å². The molecule has 0 bridgehead atoms. The van der Waals surface area contributed by atoms with Crippen LogP contribution in [0.4, 0.5) is 5.69 Å². The number of phenolic OH excluding ortho intramolecular Hbond substituents is 1. The van der Waals surface area contributed by atoms with Gasteiger partial charge in [-0.3, -0.25) is 4.79 Å². The van der Waals surface area contributed by atoms with Crippen molar-refractivity contribution in [3.05, 3.63) is 34.7 Å². The number of hydrogen-bond acceptors (Lipinski definition) is 4. The highest BCUT2D eigenvalue weighted by Crippen LogP contribution is 2.17. The molecule has 4 heteroatoms. The van der Waals surface area contributed by atoms with E-state index in [2.05, 4.69) is 0 Å². The minimum atomic E-state index is -0.322. The molecule has 2 aromatic rings. The third kappa shape index (κ3) is 1.12. The average molecular weight is 177 g/mol. The fourth-order valence-corrected chi connectivity index (χ4v) is 1.13. The van der Waals surface area contributed by atoms with E-state index in [4.69, 9.17) is 15.3 Å². The van der Waals surface area contributed by atoms with Crippen molar-refractivity contribution in [2.24, 2.45) is 0 Å². The molecule has 1 aromatic carbocycles. The first-order valence-electron chi connectivity index (χ1n) is 3.68. The maximum Gasteiger partial charge on any atom is 0.215 e. The van der Waals surface area contributed by atoms with Crippen molar-refractivity contribution >= 4 is 16.7 Å². The lowest BCUT2D eigenvalue weighted by molar-refractivity contribution is 0.475. The second-order valence-electron chi connectivity index (χ2n) is 2.70. The summed E-state index contributed by atoms with van der Waals surface area (Å²) < 4.78 is 5.04. The molecule has 4 nitrogen and oxygen atoms in total. The molecule has 0 atom stereocenters. The van der Waals surface area contributed by atoms with Crippen molar-refractivity contribution in [3.8, 4) is 5.75 Å². The fraction of sp³-hybridized carbons (Fsp3) is 0. The Bertz CT molecular complexity index is 510. The van der Waals surface area contributed by atoms with E-state index >= 15 is 0 Å². The summed E-state index contributed by atoms with van der Waals surface area (Å²) in [5, 5.41) is 9.42. The molecule has 66 valence electrons. The summed E-state index contributed by atoms with van der Waals surface area (Å²) in [5.41, 5.74) is 5.48. The summed E-state index contributed by atoms with van der Waals surface area (Å²) in [5.74, 6) is 0.0189. The van der Waals surface area contributed by atoms with Crippen LogP contribution in [0.2, 0.25) is 0 Å². The Labute approximate surface area is 73.2 Å². The average Bonchev–Trinajstić information content (AvgIpc) is 2.12. The number of fused-ring (bicyclic) bond motifs is 1. The maximum atomic E-state index is 11.4. The summed E-state index contributed by atoms with van der Waals surface area (Å²) in [6, 6.07) is 4.30. The van der Waals surface area contributed by atoms with Gasteiger partial charge in [-0.1, -0.05) is 0 Å². The Morgan fingerprint density at radius 2 is 2.15 bits per heavy atom. The fourth-order valence-electron chi connectivity index (χ4n) is 1.13. The predicted molar refractivity (Wildman–Crippen MR) is 48.6 cm³/mol. The van der Waals surface area contributed by atoms with Gasteiger partial charge in [-0.2, -0.15) is 0 Å². The first kappa shape index (κ1) is 7.67. The van der Waals surface area contributed by atoms with Crippen LogP contribution in [0.1, 0.15) is 0 Å². The van der Waals surface area contributed by atoms with Gasteiger partial charge in [0.1, 0.15) is 23.3 Å². The molecule has 0 spiro atoms. The second kappa shape index (κ2) is 2.52. The normalized spacial score (nSPS) is 10.5. The van der Waals surface area contributed by atoms with Crippen LogP contribution in [0.5, 0.6) is 5.75 Å². The molecule has 0 aliphatic rings. The van der Waals surface area contributed by atoms with Gasteiger partial charge in [0.15, 0.2) is 0 Å². The van der Waals surface area contributed by atoms with E-state index in [0.29, 0.717) is 11.0 Å². The lowest BCUT2D eigenvalue weighted by Crippen LogP contribution is -2.06. The molecule has 3 N–H and O–H groups in total. The number of aromatic hydroxyl groups is 1. The van der Waals surface area contributed by atoms with Crippen molar-refractivity contribution in [3.63, 3.8) is 0 Å². The first-order chi connectivity index (χ1) is 6.18. The maximum absolute atomic E-state index is 11.4. The van der Waals surface area contributed by atoms with E-state index < -0.39 is 0 Å². The molecule has 0 saturated heterocycles. The Morgan fingerprint density at radius 1 is 1.38 bits per heavy atom. The zero-order valence-corrected chi connectivity index (χ0v) is 6.65. The molecule has 13 heavy (non-hydrogen) atoms. The number of nitrogen functional groups attached to an aromatic ring is 1. The van der Waals surface area contributed by atoms with Crippen LogP contribution in [0, 0.1) is 0 Å². The number of nitrogens with two attached hydrogens (primary N) is 1. The van der Waals surface area contributed by atoms with E-state index in [-0.39, 0.29) is 16.9 Å². The molecule has 0 saturated carbocycles. The first-order valence-corrected chi connectivity index (χ1v) is 3.68. The third-order valence-corrected chi connectivity index (χ3v) is 1.78. The number of hydrogen-bond donors (Lipinski definition) is 2. The molecule has 0 radical (unpaired) electrons. The standard InChI is InChI=1S/C9H7NO3/c10-7-4-13-8-2-1-5(11)3-6(8)9(7)12/h1-4,11H,10H2. The van der Waals surface area contributed by atoms with Gasteiger partial charge in [0.25, 0.3) is 0 Å². The van der Waals surface area contributed by atoms with Gasteiger partial charge < -0.3 is 15.3 Å². The highest BCUT2D eigenvalue weighted by Gasteiger charge is 2.04. The van der Waals surface area contributed by atoms with Gasteiger partial charge in [-0.25, -0.2) is 0 Å². The van der Waals surface area contributed by atoms with Crippen LogP contribution in [0.25, 0.3) is 11.0 Å². The quantitative estimate of drug-likeness (QED) is 0.631. The Morgan fingerprint density at radius 3 is 2.92 bits per heavy atom. The van der Waals surface area contributed by atoms with Gasteiger partial charge in [0, 0.05) is 0 Å². The van der Waals surface area contributed by atoms with Crippen molar-refractivity contribution < 1.29 is 9.52 Å². The van der Waals surface area contributed by atoms with Crippen LogP contribution in [-0.4, -0.2) is 5.11 Å². The Kier molecular flexibility index (Phi) is 1.48. The molecule has 2 rings (SSSR count). The molecule has 0 aliphatic heterocycles. The molecule has 0 fully saturated rings. The number of benzene rings is 1. The number of phenols is 1. The lowest BCUT2D eigenvalue weighted by Gasteiger charge is -1.97. The molecular weight excluding hydrogens is 170 g/mol. The van der Waals surface area contributed by atoms with Crippen LogP contribution in [-0.2, 0) is 0 Å². The van der Waals surface area contributed by atoms with Gasteiger partial charge in [-0.15, -0.1) is 0 Å². The van der Waals surface area contributed by atoms with Crippen LogP contribution in [0.15, 0.2) is 33.7 Å². The van der Waals surface area contributed by atoms with Crippen molar-refractivity contribution in [1.82, 2.24) is 0 Å². The van der Waals surface area contributed by atoms with Crippen LogP contribution in [0.3, 0.4) is 0 Å². The van der Waals surface area contributed by atoms with E-state index in [1.807, 2.05) is 0 Å². The van der Waals surface area contributed by atoms with E-state index in [9.17, 15) is 4.79 Å². The smallest absolute Gasteiger partial charge is 0.215 e. The summed E-state index contributed by atoms with van der Waals surface area (Å²) in [6.45, 7) is 0. The van der Waals surface area contributed by atoms with Crippen molar-refractivity contribution in [2.45, 2.75) is 0 Å². The molecule has 1 heterocycles. The lowest BCUT2D eigenvalue weighted by atomic mass is 10.2. The Balaban J connectivity index is 2.97. The molecule has 0 amide bonds. The third-order valence-electron chi connectivity index (χ3n) is 1.78. The minimum Gasteiger partial charge on any atom is -0.508 e. The molecule has 1 aromatic heterocycles. The summed E-state index contributed by atoms with van der Waals surface area (Å²) in [4.78, 5) is 11.4. The molecule has 0 aliphatic carbocycles. The summed E-state index contributed by atoms with van der Waals surface area (Å²) in [7, 11) is 0. The van der Waals surface area contributed by atoms with Gasteiger partial charge >= 0.3 is 0 Å². The van der Waals surface area contributed by atoms with Crippen LogP contribution < -0.4 is 11.2 Å². The van der Waals surface area contributed by atoms with Gasteiger partial charge in [0.05, 0.1) is 5.39 Å². The van der Waals surface area contributed by atoms with E-state index in [0.717, 1.165) is 0 Å². The predicted octanol–water partition coefficient (Wildman–Crippen LogP) is 1.08. The highest BCUT2D eigenvalue weighted by molar-refractivity contribution is 5.80. The highest BCUT2D eigenvalue weighted by atomic mass is 16.3. The summed E-state index contributed by atoms with van der Waals surface area (Å²) in [6.07, 6.45) is 1.20. The summed E-state index contributed by atoms with van der Waals surface area (Å²) >= 11 is 0. The molecule has 0 unspecified atom stereocenters. The van der Waals surface area contributed by atoms with E-state index in [1.165, 1.54) is 24.5 Å². The van der Waals surface area contributed by atoms with Crippen molar-refractivity contribution in [2.75, 3.05) is 5.73 Å². The number of anilines is 1. The minimum absolute atomic E-state index is 0.0189. The monoisotopic (exact) mass is 177 g/mol. The topological polar surface area (TPSA) is 76.5 Å². The Hall–Kier alpha value is -1.97. The second-order valence-corrected chi connectivity index (χ2v) is 2.70. The van der Waals surface area contributed by atoms with Gasteiger partial charge in [0.2, 0.25) is 5.43 Å². The van der Waals surface area contributed by atoms with Gasteiger partial charge in [-0.05, 0) is 18.2 Å². The zero-order chi connectivity index (χ0) is 9.42. The van der Waals surface area contributed by atoms with Crippen LogP contribution >= 0.6 is 0 Å².